The number of hydrogen-bond acceptors (Lipinski definition) is 2. The molecule has 1 atom stereocenters. The van der Waals surface area contributed by atoms with Crippen LogP contribution in [0.15, 0.2) is 48.7 Å². The lowest BCUT2D eigenvalue weighted by atomic mass is 10.0. The predicted molar refractivity (Wildman–Crippen MR) is 66.9 cm³/mol. The van der Waals surface area contributed by atoms with Gasteiger partial charge in [-0.2, -0.15) is 0 Å². The molecule has 2 N–H and O–H groups in total. The molecule has 0 aliphatic heterocycles. The number of pyridine rings is 1. The van der Waals surface area contributed by atoms with E-state index in [4.69, 9.17) is 5.73 Å². The fraction of sp³-hybridized carbons (Fsp3) is 0.214. The lowest BCUT2D eigenvalue weighted by Crippen LogP contribution is -2.08. The van der Waals surface area contributed by atoms with Crippen LogP contribution in [-0.2, 0) is 0 Å². The second-order valence-corrected chi connectivity index (χ2v) is 3.86. The van der Waals surface area contributed by atoms with Crippen LogP contribution in [0.25, 0.3) is 11.3 Å². The first-order valence-electron chi connectivity index (χ1n) is 5.58. The van der Waals surface area contributed by atoms with Gasteiger partial charge in [0, 0.05) is 17.8 Å². The van der Waals surface area contributed by atoms with E-state index in [-0.39, 0.29) is 6.04 Å². The minimum atomic E-state index is 0.115. The standard InChI is InChI=1S/C14H16N2/c1-2-13(15)11-6-5-7-12(10-11)14-8-3-4-9-16-14/h3-10,13H,2,15H2,1H3. The van der Waals surface area contributed by atoms with Gasteiger partial charge in [0.05, 0.1) is 5.69 Å². The molecule has 0 aliphatic rings. The van der Waals surface area contributed by atoms with Crippen molar-refractivity contribution in [1.29, 1.82) is 0 Å². The van der Waals surface area contributed by atoms with Crippen LogP contribution in [0.3, 0.4) is 0 Å². The maximum Gasteiger partial charge on any atom is 0.0702 e. The Labute approximate surface area is 96.1 Å². The Bertz CT molecular complexity index is 451. The summed E-state index contributed by atoms with van der Waals surface area (Å²) in [5, 5.41) is 0. The minimum absolute atomic E-state index is 0.115. The summed E-state index contributed by atoms with van der Waals surface area (Å²) in [5.41, 5.74) is 9.31. The van der Waals surface area contributed by atoms with Gasteiger partial charge in [-0.05, 0) is 30.2 Å². The predicted octanol–water partition coefficient (Wildman–Crippen LogP) is 3.16. The molecule has 1 unspecified atom stereocenters. The Balaban J connectivity index is 2.36. The number of aromatic nitrogens is 1. The molecular weight excluding hydrogens is 196 g/mol. The number of benzene rings is 1. The summed E-state index contributed by atoms with van der Waals surface area (Å²) < 4.78 is 0. The van der Waals surface area contributed by atoms with E-state index in [0.717, 1.165) is 17.7 Å². The molecule has 0 amide bonds. The van der Waals surface area contributed by atoms with Gasteiger partial charge in [0.15, 0.2) is 0 Å². The molecule has 2 rings (SSSR count). The number of hydrogen-bond donors (Lipinski definition) is 1. The van der Waals surface area contributed by atoms with Crippen molar-refractivity contribution in [1.82, 2.24) is 4.98 Å². The monoisotopic (exact) mass is 212 g/mol. The molecule has 1 heterocycles. The molecule has 16 heavy (non-hydrogen) atoms. The third kappa shape index (κ3) is 2.28. The lowest BCUT2D eigenvalue weighted by Gasteiger charge is -2.10. The van der Waals surface area contributed by atoms with Crippen LogP contribution in [-0.4, -0.2) is 4.98 Å². The highest BCUT2D eigenvalue weighted by Crippen LogP contribution is 2.21. The molecule has 2 nitrogen and oxygen atoms in total. The van der Waals surface area contributed by atoms with Gasteiger partial charge >= 0.3 is 0 Å². The Hall–Kier alpha value is -1.67. The Morgan fingerprint density at radius 2 is 2.06 bits per heavy atom. The lowest BCUT2D eigenvalue weighted by molar-refractivity contribution is 0.699. The highest BCUT2D eigenvalue weighted by Gasteiger charge is 2.05. The van der Waals surface area contributed by atoms with Gasteiger partial charge in [-0.3, -0.25) is 4.98 Å². The number of rotatable bonds is 3. The molecule has 2 heteroatoms. The van der Waals surface area contributed by atoms with E-state index in [1.54, 1.807) is 0 Å². The van der Waals surface area contributed by atoms with Crippen LogP contribution >= 0.6 is 0 Å². The summed E-state index contributed by atoms with van der Waals surface area (Å²) in [6, 6.07) is 14.3. The van der Waals surface area contributed by atoms with Crippen molar-refractivity contribution in [2.75, 3.05) is 0 Å². The molecular formula is C14H16N2. The SMILES string of the molecule is CCC(N)c1cccc(-c2ccccn2)c1. The van der Waals surface area contributed by atoms with E-state index < -0.39 is 0 Å². The Kier molecular flexibility index (Phi) is 3.32. The zero-order chi connectivity index (χ0) is 11.4. The van der Waals surface area contributed by atoms with Crippen molar-refractivity contribution in [3.63, 3.8) is 0 Å². The summed E-state index contributed by atoms with van der Waals surface area (Å²) in [6.07, 6.45) is 2.76. The first kappa shape index (κ1) is 10.8. The van der Waals surface area contributed by atoms with Crippen molar-refractivity contribution in [3.05, 3.63) is 54.2 Å². The van der Waals surface area contributed by atoms with Crippen molar-refractivity contribution < 1.29 is 0 Å². The van der Waals surface area contributed by atoms with Crippen LogP contribution in [0.2, 0.25) is 0 Å². The van der Waals surface area contributed by atoms with Crippen molar-refractivity contribution in [2.45, 2.75) is 19.4 Å². The summed E-state index contributed by atoms with van der Waals surface area (Å²) in [6.45, 7) is 2.10. The van der Waals surface area contributed by atoms with E-state index in [0.29, 0.717) is 0 Å². The molecule has 0 spiro atoms. The van der Waals surface area contributed by atoms with Crippen LogP contribution in [0.5, 0.6) is 0 Å². The second-order valence-electron chi connectivity index (χ2n) is 3.86. The van der Waals surface area contributed by atoms with Gasteiger partial charge in [0.1, 0.15) is 0 Å². The van der Waals surface area contributed by atoms with Gasteiger partial charge in [-0.25, -0.2) is 0 Å². The molecule has 0 saturated heterocycles. The Morgan fingerprint density at radius 1 is 1.19 bits per heavy atom. The van der Waals surface area contributed by atoms with Crippen molar-refractivity contribution in [2.24, 2.45) is 5.73 Å². The summed E-state index contributed by atoms with van der Waals surface area (Å²) in [7, 11) is 0. The molecule has 0 fully saturated rings. The van der Waals surface area contributed by atoms with E-state index >= 15 is 0 Å². The Morgan fingerprint density at radius 3 is 2.75 bits per heavy atom. The molecule has 0 bridgehead atoms. The van der Waals surface area contributed by atoms with Crippen molar-refractivity contribution in [3.8, 4) is 11.3 Å². The fourth-order valence-electron chi connectivity index (χ4n) is 1.70. The highest BCUT2D eigenvalue weighted by atomic mass is 14.7. The second kappa shape index (κ2) is 4.90. The van der Waals surface area contributed by atoms with Crippen LogP contribution in [0.4, 0.5) is 0 Å². The topological polar surface area (TPSA) is 38.9 Å². The molecule has 82 valence electrons. The maximum absolute atomic E-state index is 6.02. The average molecular weight is 212 g/mol. The quantitative estimate of drug-likeness (QED) is 0.848. The third-order valence-electron chi connectivity index (χ3n) is 2.72. The van der Waals surface area contributed by atoms with Gasteiger partial charge in [-0.1, -0.05) is 31.2 Å². The zero-order valence-electron chi connectivity index (χ0n) is 9.43. The van der Waals surface area contributed by atoms with Gasteiger partial charge in [-0.15, -0.1) is 0 Å². The fourth-order valence-corrected chi connectivity index (χ4v) is 1.70. The van der Waals surface area contributed by atoms with Gasteiger partial charge in [0.25, 0.3) is 0 Å². The molecule has 2 aromatic rings. The van der Waals surface area contributed by atoms with Gasteiger partial charge < -0.3 is 5.73 Å². The van der Waals surface area contributed by atoms with Crippen LogP contribution < -0.4 is 5.73 Å². The maximum atomic E-state index is 6.02. The molecule has 1 aromatic carbocycles. The van der Waals surface area contributed by atoms with Gasteiger partial charge in [0.2, 0.25) is 0 Å². The van der Waals surface area contributed by atoms with E-state index in [1.165, 1.54) is 5.56 Å². The summed E-state index contributed by atoms with van der Waals surface area (Å²) in [4.78, 5) is 4.33. The van der Waals surface area contributed by atoms with E-state index in [2.05, 4.69) is 30.1 Å². The number of nitrogens with zero attached hydrogens (tertiary/aromatic N) is 1. The molecule has 0 saturated carbocycles. The third-order valence-corrected chi connectivity index (χ3v) is 2.72. The normalized spacial score (nSPS) is 12.4. The molecule has 0 aliphatic carbocycles. The molecule has 0 radical (unpaired) electrons. The van der Waals surface area contributed by atoms with Crippen molar-refractivity contribution >= 4 is 0 Å². The van der Waals surface area contributed by atoms with Crippen LogP contribution in [0.1, 0.15) is 24.9 Å². The summed E-state index contributed by atoms with van der Waals surface area (Å²) in [5.74, 6) is 0. The smallest absolute Gasteiger partial charge is 0.0702 e. The zero-order valence-corrected chi connectivity index (χ0v) is 9.43. The average Bonchev–Trinajstić information content (AvgIpc) is 2.39. The van der Waals surface area contributed by atoms with Crippen LogP contribution in [0, 0.1) is 0 Å². The highest BCUT2D eigenvalue weighted by molar-refractivity contribution is 5.59. The minimum Gasteiger partial charge on any atom is -0.324 e. The van der Waals surface area contributed by atoms with E-state index in [9.17, 15) is 0 Å². The molecule has 1 aromatic heterocycles. The first-order chi connectivity index (χ1) is 7.81. The largest absolute Gasteiger partial charge is 0.324 e. The first-order valence-corrected chi connectivity index (χ1v) is 5.58. The summed E-state index contributed by atoms with van der Waals surface area (Å²) >= 11 is 0. The van der Waals surface area contributed by atoms with E-state index in [1.807, 2.05) is 30.5 Å². The number of nitrogens with two attached hydrogens (primary N) is 1.